The normalized spacial score (nSPS) is 16.5. The quantitative estimate of drug-likeness (QED) is 0.465. The van der Waals surface area contributed by atoms with Gasteiger partial charge in [0.1, 0.15) is 5.60 Å². The summed E-state index contributed by atoms with van der Waals surface area (Å²) in [5.74, 6) is 4.58. The molecule has 122 valence electrons. The van der Waals surface area contributed by atoms with Gasteiger partial charge < -0.3 is 9.64 Å². The minimum atomic E-state index is -0.496. The van der Waals surface area contributed by atoms with E-state index in [0.717, 1.165) is 12.8 Å². The molecule has 2 rings (SSSR count). The fraction of sp³-hybridized carbons (Fsp3) is 0.692. The van der Waals surface area contributed by atoms with Gasteiger partial charge in [-0.25, -0.2) is 15.3 Å². The van der Waals surface area contributed by atoms with E-state index in [1.54, 1.807) is 15.8 Å². The number of hydrogen-bond donors (Lipinski definition) is 2. The summed E-state index contributed by atoms with van der Waals surface area (Å²) in [6.45, 7) is 6.70. The van der Waals surface area contributed by atoms with Crippen molar-refractivity contribution in [1.82, 2.24) is 25.3 Å². The first kappa shape index (κ1) is 16.2. The lowest BCUT2D eigenvalue weighted by Gasteiger charge is -2.33. The lowest BCUT2D eigenvalue weighted by Crippen LogP contribution is -2.42. The van der Waals surface area contributed by atoms with Crippen molar-refractivity contribution >= 4 is 12.0 Å². The van der Waals surface area contributed by atoms with E-state index in [0.29, 0.717) is 13.1 Å². The zero-order valence-corrected chi connectivity index (χ0v) is 13.1. The molecule has 0 radical (unpaired) electrons. The summed E-state index contributed by atoms with van der Waals surface area (Å²) in [6.07, 6.45) is 2.72. The molecule has 2 heterocycles. The highest BCUT2D eigenvalue weighted by Gasteiger charge is 2.28. The number of carbonyl (C=O) groups excluding carboxylic acids is 2. The van der Waals surface area contributed by atoms with Crippen LogP contribution in [0.5, 0.6) is 0 Å². The van der Waals surface area contributed by atoms with Crippen LogP contribution >= 0.6 is 0 Å². The van der Waals surface area contributed by atoms with Crippen molar-refractivity contribution in [2.45, 2.75) is 45.3 Å². The minimum Gasteiger partial charge on any atom is -0.444 e. The van der Waals surface area contributed by atoms with Gasteiger partial charge in [0.15, 0.2) is 5.69 Å². The molecule has 0 atom stereocenters. The Bertz CT molecular complexity index is 542. The molecule has 1 aliphatic heterocycles. The Hall–Kier alpha value is -2.16. The van der Waals surface area contributed by atoms with E-state index in [2.05, 4.69) is 10.3 Å². The Balaban J connectivity index is 1.91. The number of amides is 2. The number of nitrogen functional groups attached to an aromatic ring is 1. The first-order valence-electron chi connectivity index (χ1n) is 7.21. The van der Waals surface area contributed by atoms with Crippen molar-refractivity contribution in [2.75, 3.05) is 13.1 Å². The third-order valence-corrected chi connectivity index (χ3v) is 3.36. The van der Waals surface area contributed by atoms with E-state index >= 15 is 0 Å². The number of nitrogens with two attached hydrogens (primary N) is 1. The summed E-state index contributed by atoms with van der Waals surface area (Å²) in [7, 11) is 0. The second-order valence-electron chi connectivity index (χ2n) is 6.26. The van der Waals surface area contributed by atoms with Crippen molar-refractivity contribution < 1.29 is 14.3 Å². The summed E-state index contributed by atoms with van der Waals surface area (Å²) in [6, 6.07) is 0.102. The predicted molar refractivity (Wildman–Crippen MR) is 77.8 cm³/mol. The van der Waals surface area contributed by atoms with Crippen molar-refractivity contribution in [1.29, 1.82) is 0 Å². The Morgan fingerprint density at radius 3 is 2.55 bits per heavy atom. The third-order valence-electron chi connectivity index (χ3n) is 3.36. The van der Waals surface area contributed by atoms with Crippen molar-refractivity contribution in [3.63, 3.8) is 0 Å². The minimum absolute atomic E-state index is 0.102. The molecule has 22 heavy (non-hydrogen) atoms. The number of piperidine rings is 1. The number of ether oxygens (including phenoxy) is 1. The highest BCUT2D eigenvalue weighted by atomic mass is 16.6. The molecular formula is C13H22N6O3. The van der Waals surface area contributed by atoms with Crippen LogP contribution in [0.25, 0.3) is 0 Å². The second kappa shape index (κ2) is 6.30. The lowest BCUT2D eigenvalue weighted by molar-refractivity contribution is 0.0184. The fourth-order valence-corrected chi connectivity index (χ4v) is 2.27. The average Bonchev–Trinajstić information content (AvgIpc) is 2.94. The maximum atomic E-state index is 12.0. The summed E-state index contributed by atoms with van der Waals surface area (Å²) < 4.78 is 7.00. The second-order valence-corrected chi connectivity index (χ2v) is 6.26. The Morgan fingerprint density at radius 1 is 1.36 bits per heavy atom. The Morgan fingerprint density at radius 2 is 2.00 bits per heavy atom. The molecule has 0 aromatic carbocycles. The molecular weight excluding hydrogens is 288 g/mol. The molecule has 1 aliphatic rings. The van der Waals surface area contributed by atoms with Crippen LogP contribution in [0.3, 0.4) is 0 Å². The van der Waals surface area contributed by atoms with Crippen LogP contribution in [0.4, 0.5) is 4.79 Å². The molecule has 0 bridgehead atoms. The zero-order chi connectivity index (χ0) is 16.3. The number of rotatable bonds is 2. The first-order chi connectivity index (χ1) is 10.3. The monoisotopic (exact) mass is 310 g/mol. The number of aromatic nitrogens is 3. The molecule has 1 fully saturated rings. The van der Waals surface area contributed by atoms with E-state index in [4.69, 9.17) is 10.6 Å². The van der Waals surface area contributed by atoms with E-state index in [9.17, 15) is 9.59 Å². The molecule has 1 saturated heterocycles. The maximum absolute atomic E-state index is 12.0. The lowest BCUT2D eigenvalue weighted by atomic mass is 10.1. The van der Waals surface area contributed by atoms with Crippen LogP contribution in [0.1, 0.15) is 50.1 Å². The van der Waals surface area contributed by atoms with Crippen molar-refractivity contribution in [3.8, 4) is 0 Å². The van der Waals surface area contributed by atoms with E-state index in [1.165, 1.54) is 0 Å². The number of nitrogens with zero attached hydrogens (tertiary/aromatic N) is 4. The largest absolute Gasteiger partial charge is 0.444 e. The first-order valence-corrected chi connectivity index (χ1v) is 7.21. The zero-order valence-electron chi connectivity index (χ0n) is 13.1. The molecule has 1 aromatic heterocycles. The number of likely N-dealkylation sites (tertiary alicyclic amines) is 1. The van der Waals surface area contributed by atoms with Gasteiger partial charge in [0, 0.05) is 13.1 Å². The van der Waals surface area contributed by atoms with Gasteiger partial charge in [-0.15, -0.1) is 5.10 Å². The Labute approximate surface area is 128 Å². The third kappa shape index (κ3) is 3.94. The van der Waals surface area contributed by atoms with Gasteiger partial charge in [-0.2, -0.15) is 0 Å². The predicted octanol–water partition coefficient (Wildman–Crippen LogP) is 0.454. The molecule has 3 N–H and O–H groups in total. The van der Waals surface area contributed by atoms with E-state index in [-0.39, 0.29) is 17.8 Å². The molecule has 0 aliphatic carbocycles. The molecule has 0 unspecified atom stereocenters. The van der Waals surface area contributed by atoms with E-state index in [1.807, 2.05) is 26.2 Å². The average molecular weight is 310 g/mol. The van der Waals surface area contributed by atoms with Crippen LogP contribution in [-0.4, -0.2) is 50.6 Å². The molecule has 9 nitrogen and oxygen atoms in total. The highest BCUT2D eigenvalue weighted by Crippen LogP contribution is 2.23. The SMILES string of the molecule is CC(C)(C)OC(=O)N1CCC(n2cc(C(=O)NN)nn2)CC1. The molecule has 2 amide bonds. The number of hydrazine groups is 1. The standard InChI is InChI=1S/C13H22N6O3/c1-13(2,3)22-12(21)18-6-4-9(5-7-18)19-8-10(16-17-19)11(20)15-14/h8-9H,4-7,14H2,1-3H3,(H,15,20). The fourth-order valence-electron chi connectivity index (χ4n) is 2.27. The molecule has 0 spiro atoms. The number of carbonyl (C=O) groups is 2. The highest BCUT2D eigenvalue weighted by molar-refractivity contribution is 5.91. The van der Waals surface area contributed by atoms with Crippen LogP contribution in [0, 0.1) is 0 Å². The number of nitrogens with one attached hydrogen (secondary N) is 1. The van der Waals surface area contributed by atoms with Gasteiger partial charge in [-0.1, -0.05) is 5.21 Å². The summed E-state index contributed by atoms with van der Waals surface area (Å²) in [5.41, 5.74) is 1.70. The summed E-state index contributed by atoms with van der Waals surface area (Å²) in [4.78, 5) is 25.0. The van der Waals surface area contributed by atoms with Crippen LogP contribution in [-0.2, 0) is 4.74 Å². The molecule has 0 saturated carbocycles. The summed E-state index contributed by atoms with van der Waals surface area (Å²) in [5, 5.41) is 7.73. The van der Waals surface area contributed by atoms with Crippen molar-refractivity contribution in [2.24, 2.45) is 5.84 Å². The molecule has 9 heteroatoms. The van der Waals surface area contributed by atoms with Gasteiger partial charge in [-0.05, 0) is 33.6 Å². The Kier molecular flexibility index (Phi) is 4.65. The van der Waals surface area contributed by atoms with Crippen LogP contribution < -0.4 is 11.3 Å². The maximum Gasteiger partial charge on any atom is 0.410 e. The topological polar surface area (TPSA) is 115 Å². The van der Waals surface area contributed by atoms with Gasteiger partial charge in [0.05, 0.1) is 12.2 Å². The van der Waals surface area contributed by atoms with Gasteiger partial charge in [0.25, 0.3) is 5.91 Å². The van der Waals surface area contributed by atoms with Gasteiger partial charge in [0.2, 0.25) is 0 Å². The summed E-state index contributed by atoms with van der Waals surface area (Å²) >= 11 is 0. The number of hydrogen-bond acceptors (Lipinski definition) is 6. The smallest absolute Gasteiger partial charge is 0.410 e. The van der Waals surface area contributed by atoms with Crippen molar-refractivity contribution in [3.05, 3.63) is 11.9 Å². The van der Waals surface area contributed by atoms with E-state index < -0.39 is 11.5 Å². The van der Waals surface area contributed by atoms with Crippen LogP contribution in [0.15, 0.2) is 6.20 Å². The molecule has 1 aromatic rings. The van der Waals surface area contributed by atoms with Crippen LogP contribution in [0.2, 0.25) is 0 Å². The van der Waals surface area contributed by atoms with Gasteiger partial charge >= 0.3 is 6.09 Å². The van der Waals surface area contributed by atoms with Gasteiger partial charge in [-0.3, -0.25) is 10.2 Å².